The van der Waals surface area contributed by atoms with Crippen molar-refractivity contribution in [3.63, 3.8) is 0 Å². The molecule has 142 valence electrons. The number of para-hydroxylation sites is 1. The SMILES string of the molecule is O=C(O)CC(=O)OCc1ccc(CN2CCN(c3ccccc3)CC2)cc1. The van der Waals surface area contributed by atoms with Crippen molar-refractivity contribution < 1.29 is 19.4 Å². The van der Waals surface area contributed by atoms with Gasteiger partial charge in [0.1, 0.15) is 13.0 Å². The van der Waals surface area contributed by atoms with E-state index in [0.29, 0.717) is 0 Å². The summed E-state index contributed by atoms with van der Waals surface area (Å²) < 4.78 is 4.95. The smallest absolute Gasteiger partial charge is 0.317 e. The maximum atomic E-state index is 11.3. The van der Waals surface area contributed by atoms with E-state index in [1.54, 1.807) is 0 Å². The van der Waals surface area contributed by atoms with E-state index in [4.69, 9.17) is 9.84 Å². The number of carbonyl (C=O) groups excluding carboxylic acids is 1. The Morgan fingerprint density at radius 2 is 1.52 bits per heavy atom. The monoisotopic (exact) mass is 368 g/mol. The summed E-state index contributed by atoms with van der Waals surface area (Å²) in [6, 6.07) is 18.4. The number of nitrogens with zero attached hydrogens (tertiary/aromatic N) is 2. The number of hydrogen-bond donors (Lipinski definition) is 1. The molecule has 27 heavy (non-hydrogen) atoms. The first-order valence-electron chi connectivity index (χ1n) is 9.08. The van der Waals surface area contributed by atoms with Gasteiger partial charge in [0.2, 0.25) is 0 Å². The second-order valence-corrected chi connectivity index (χ2v) is 6.65. The lowest BCUT2D eigenvalue weighted by molar-refractivity contribution is -0.152. The number of ether oxygens (including phenoxy) is 1. The Morgan fingerprint density at radius 1 is 0.889 bits per heavy atom. The molecule has 0 amide bonds. The molecule has 2 aromatic carbocycles. The molecule has 0 saturated carbocycles. The molecule has 0 unspecified atom stereocenters. The molecule has 1 heterocycles. The number of aliphatic carboxylic acids is 1. The molecule has 0 bridgehead atoms. The lowest BCUT2D eigenvalue weighted by atomic mass is 10.1. The van der Waals surface area contributed by atoms with Crippen molar-refractivity contribution in [1.29, 1.82) is 0 Å². The second-order valence-electron chi connectivity index (χ2n) is 6.65. The number of carboxylic acids is 1. The Morgan fingerprint density at radius 3 is 2.15 bits per heavy atom. The van der Waals surface area contributed by atoms with Crippen molar-refractivity contribution in [3.05, 3.63) is 65.7 Å². The Kier molecular flexibility index (Phi) is 6.44. The number of rotatable bonds is 7. The van der Waals surface area contributed by atoms with E-state index in [1.165, 1.54) is 11.3 Å². The van der Waals surface area contributed by atoms with Crippen molar-refractivity contribution in [2.24, 2.45) is 0 Å². The zero-order valence-electron chi connectivity index (χ0n) is 15.2. The van der Waals surface area contributed by atoms with Crippen LogP contribution < -0.4 is 4.90 Å². The molecule has 3 rings (SSSR count). The number of anilines is 1. The van der Waals surface area contributed by atoms with Crippen LogP contribution in [0.5, 0.6) is 0 Å². The molecule has 6 heteroatoms. The lowest BCUT2D eigenvalue weighted by Crippen LogP contribution is -2.45. The van der Waals surface area contributed by atoms with E-state index in [0.717, 1.165) is 38.3 Å². The summed E-state index contributed by atoms with van der Waals surface area (Å²) in [6.07, 6.45) is -0.604. The molecule has 1 saturated heterocycles. The molecule has 1 N–H and O–H groups in total. The van der Waals surface area contributed by atoms with Gasteiger partial charge >= 0.3 is 11.9 Å². The predicted octanol–water partition coefficient (Wildman–Crippen LogP) is 2.53. The van der Waals surface area contributed by atoms with E-state index in [1.807, 2.05) is 30.3 Å². The molecular weight excluding hydrogens is 344 g/mol. The van der Waals surface area contributed by atoms with Crippen LogP contribution in [0.3, 0.4) is 0 Å². The summed E-state index contributed by atoms with van der Waals surface area (Å²) in [5.74, 6) is -1.90. The fourth-order valence-electron chi connectivity index (χ4n) is 3.14. The van der Waals surface area contributed by atoms with E-state index in [-0.39, 0.29) is 6.61 Å². The number of carbonyl (C=O) groups is 2. The van der Waals surface area contributed by atoms with Crippen LogP contribution in [0.2, 0.25) is 0 Å². The van der Waals surface area contributed by atoms with Crippen LogP contribution in [-0.2, 0) is 27.5 Å². The molecule has 1 aliphatic heterocycles. The normalized spacial score (nSPS) is 14.7. The van der Waals surface area contributed by atoms with Crippen molar-refractivity contribution in [1.82, 2.24) is 4.90 Å². The van der Waals surface area contributed by atoms with Crippen LogP contribution in [-0.4, -0.2) is 48.1 Å². The fraction of sp³-hybridized carbons (Fsp3) is 0.333. The maximum absolute atomic E-state index is 11.3. The van der Waals surface area contributed by atoms with E-state index in [9.17, 15) is 9.59 Å². The number of hydrogen-bond acceptors (Lipinski definition) is 5. The highest BCUT2D eigenvalue weighted by Crippen LogP contribution is 2.17. The van der Waals surface area contributed by atoms with Gasteiger partial charge in [0, 0.05) is 38.4 Å². The van der Waals surface area contributed by atoms with Crippen LogP contribution in [0, 0.1) is 0 Å². The second kappa shape index (κ2) is 9.19. The predicted molar refractivity (Wildman–Crippen MR) is 102 cm³/mol. The van der Waals surface area contributed by atoms with E-state index >= 15 is 0 Å². The van der Waals surface area contributed by atoms with Crippen molar-refractivity contribution >= 4 is 17.6 Å². The first-order valence-corrected chi connectivity index (χ1v) is 9.08. The summed E-state index contributed by atoms with van der Waals surface area (Å²) in [7, 11) is 0. The van der Waals surface area contributed by atoms with Gasteiger partial charge in [-0.25, -0.2) is 0 Å². The first kappa shape index (κ1) is 18.9. The first-order chi connectivity index (χ1) is 13.1. The highest BCUT2D eigenvalue weighted by Gasteiger charge is 2.17. The number of carboxylic acid groups (broad SMARTS) is 1. The van der Waals surface area contributed by atoms with Crippen LogP contribution >= 0.6 is 0 Å². The molecule has 6 nitrogen and oxygen atoms in total. The average molecular weight is 368 g/mol. The highest BCUT2D eigenvalue weighted by atomic mass is 16.5. The highest BCUT2D eigenvalue weighted by molar-refractivity contribution is 5.90. The number of piperazine rings is 1. The van der Waals surface area contributed by atoms with Crippen LogP contribution in [0.4, 0.5) is 5.69 Å². The van der Waals surface area contributed by atoms with Crippen LogP contribution in [0.15, 0.2) is 54.6 Å². The van der Waals surface area contributed by atoms with Crippen LogP contribution in [0.1, 0.15) is 17.5 Å². The number of esters is 1. The topological polar surface area (TPSA) is 70.1 Å². The number of benzene rings is 2. The molecular formula is C21H24N2O4. The van der Waals surface area contributed by atoms with Gasteiger partial charge in [-0.2, -0.15) is 0 Å². The maximum Gasteiger partial charge on any atom is 0.317 e. The van der Waals surface area contributed by atoms with Crippen LogP contribution in [0.25, 0.3) is 0 Å². The average Bonchev–Trinajstić information content (AvgIpc) is 2.68. The summed E-state index contributed by atoms with van der Waals surface area (Å²) in [5, 5.41) is 8.55. The minimum Gasteiger partial charge on any atom is -0.481 e. The lowest BCUT2D eigenvalue weighted by Gasteiger charge is -2.36. The zero-order valence-corrected chi connectivity index (χ0v) is 15.2. The standard InChI is InChI=1S/C21H24N2O4/c24-20(25)14-21(26)27-16-18-8-6-17(7-9-18)15-22-10-12-23(13-11-22)19-4-2-1-3-5-19/h1-9H,10-16H2,(H,24,25). The molecule has 0 aliphatic carbocycles. The van der Waals surface area contributed by atoms with Gasteiger partial charge in [-0.05, 0) is 23.3 Å². The van der Waals surface area contributed by atoms with E-state index < -0.39 is 18.4 Å². The molecule has 2 aromatic rings. The van der Waals surface area contributed by atoms with Gasteiger partial charge in [0.15, 0.2) is 0 Å². The third kappa shape index (κ3) is 5.82. The summed E-state index contributed by atoms with van der Waals surface area (Å²) >= 11 is 0. The largest absolute Gasteiger partial charge is 0.481 e. The van der Waals surface area contributed by atoms with Gasteiger partial charge in [-0.15, -0.1) is 0 Å². The van der Waals surface area contributed by atoms with Gasteiger partial charge in [0.25, 0.3) is 0 Å². The Bertz CT molecular complexity index is 754. The summed E-state index contributed by atoms with van der Waals surface area (Å²) in [4.78, 5) is 26.6. The molecule has 0 spiro atoms. The molecule has 0 radical (unpaired) electrons. The van der Waals surface area contributed by atoms with Crippen molar-refractivity contribution in [2.75, 3.05) is 31.1 Å². The van der Waals surface area contributed by atoms with Gasteiger partial charge in [-0.3, -0.25) is 14.5 Å². The third-order valence-electron chi connectivity index (χ3n) is 4.62. The summed E-state index contributed by atoms with van der Waals surface area (Å²) in [5.41, 5.74) is 3.34. The summed E-state index contributed by atoms with van der Waals surface area (Å²) in [6.45, 7) is 5.06. The quantitative estimate of drug-likeness (QED) is 0.598. The fourth-order valence-corrected chi connectivity index (χ4v) is 3.14. The zero-order chi connectivity index (χ0) is 19.1. The van der Waals surface area contributed by atoms with E-state index in [2.05, 4.69) is 34.1 Å². The molecule has 0 atom stereocenters. The molecule has 1 aliphatic rings. The third-order valence-corrected chi connectivity index (χ3v) is 4.62. The molecule has 0 aromatic heterocycles. The Hall–Kier alpha value is -2.86. The van der Waals surface area contributed by atoms with Crippen molar-refractivity contribution in [2.45, 2.75) is 19.6 Å². The molecule has 1 fully saturated rings. The van der Waals surface area contributed by atoms with Gasteiger partial charge < -0.3 is 14.7 Å². The van der Waals surface area contributed by atoms with Gasteiger partial charge in [-0.1, -0.05) is 42.5 Å². The Labute approximate surface area is 159 Å². The Balaban J connectivity index is 1.44. The minimum atomic E-state index is -1.18. The minimum absolute atomic E-state index is 0.0993. The van der Waals surface area contributed by atoms with Gasteiger partial charge in [0.05, 0.1) is 0 Å². The van der Waals surface area contributed by atoms with Crippen molar-refractivity contribution in [3.8, 4) is 0 Å².